The lowest BCUT2D eigenvalue weighted by atomic mass is 10.0. The molecule has 4 heteroatoms. The van der Waals surface area contributed by atoms with Crippen molar-refractivity contribution in [3.63, 3.8) is 0 Å². The molecule has 2 aliphatic heterocycles. The summed E-state index contributed by atoms with van der Waals surface area (Å²) in [6.07, 6.45) is 9.13. The summed E-state index contributed by atoms with van der Waals surface area (Å²) in [6, 6.07) is 1.41. The molecule has 2 atom stereocenters. The van der Waals surface area contributed by atoms with Crippen molar-refractivity contribution in [2.45, 2.75) is 42.6 Å². The Morgan fingerprint density at radius 1 is 1.33 bits per heavy atom. The Kier molecular flexibility index (Phi) is 2.27. The molecule has 3 nitrogen and oxygen atoms in total. The molecule has 3 rings (SSSR count). The fourth-order valence-corrected chi connectivity index (χ4v) is 3.91. The normalized spacial score (nSPS) is 34.8. The summed E-state index contributed by atoms with van der Waals surface area (Å²) in [5.41, 5.74) is 0. The predicted octanol–water partition coefficient (Wildman–Crippen LogP) is 2.31. The third-order valence-corrected chi connectivity index (χ3v) is 4.45. The van der Waals surface area contributed by atoms with Crippen LogP contribution in [0.3, 0.4) is 0 Å². The molecule has 0 aliphatic carbocycles. The Bertz CT molecular complexity index is 348. The third-order valence-electron chi connectivity index (χ3n) is 3.70. The minimum absolute atomic E-state index is 0.703. The van der Waals surface area contributed by atoms with Gasteiger partial charge in [-0.05, 0) is 25.7 Å². The molecule has 0 amide bonds. The number of aromatic nitrogens is 2. The summed E-state index contributed by atoms with van der Waals surface area (Å²) < 4.78 is 2.14. The molecular formula is C11H16BrN3. The van der Waals surface area contributed by atoms with Gasteiger partial charge in [-0.2, -0.15) is 0 Å². The molecule has 2 fully saturated rings. The van der Waals surface area contributed by atoms with Crippen LogP contribution in [0.5, 0.6) is 0 Å². The maximum Gasteiger partial charge on any atom is 0.205 e. The van der Waals surface area contributed by atoms with Crippen molar-refractivity contribution in [3.05, 3.63) is 12.4 Å². The van der Waals surface area contributed by atoms with Crippen molar-refractivity contribution in [1.29, 1.82) is 0 Å². The zero-order valence-electron chi connectivity index (χ0n) is 8.93. The van der Waals surface area contributed by atoms with Crippen LogP contribution >= 0.6 is 15.9 Å². The van der Waals surface area contributed by atoms with Crippen LogP contribution in [-0.2, 0) is 7.05 Å². The van der Waals surface area contributed by atoms with Gasteiger partial charge in [0.15, 0.2) is 0 Å². The molecule has 2 saturated heterocycles. The summed E-state index contributed by atoms with van der Waals surface area (Å²) in [4.78, 5) is 7.73. The molecule has 2 bridgehead atoms. The van der Waals surface area contributed by atoms with Gasteiger partial charge in [-0.15, -0.1) is 0 Å². The monoisotopic (exact) mass is 269 g/mol. The van der Waals surface area contributed by atoms with E-state index in [9.17, 15) is 0 Å². The van der Waals surface area contributed by atoms with Gasteiger partial charge in [-0.25, -0.2) is 4.98 Å². The first-order valence-corrected chi connectivity index (χ1v) is 6.57. The van der Waals surface area contributed by atoms with E-state index in [0.29, 0.717) is 16.9 Å². The van der Waals surface area contributed by atoms with Crippen molar-refractivity contribution < 1.29 is 0 Å². The quantitative estimate of drug-likeness (QED) is 0.730. The van der Waals surface area contributed by atoms with Gasteiger partial charge in [0.05, 0.1) is 0 Å². The summed E-state index contributed by atoms with van der Waals surface area (Å²) in [6.45, 7) is 0. The number of nitrogens with zero attached hydrogens (tertiary/aromatic N) is 3. The van der Waals surface area contributed by atoms with Gasteiger partial charge in [-0.1, -0.05) is 15.9 Å². The smallest absolute Gasteiger partial charge is 0.205 e. The highest BCUT2D eigenvalue weighted by molar-refractivity contribution is 9.09. The average Bonchev–Trinajstić information content (AvgIpc) is 2.69. The van der Waals surface area contributed by atoms with Gasteiger partial charge in [-0.3, -0.25) is 0 Å². The van der Waals surface area contributed by atoms with E-state index in [1.165, 1.54) is 25.7 Å². The van der Waals surface area contributed by atoms with Gasteiger partial charge >= 0.3 is 0 Å². The number of halogens is 1. The number of anilines is 1. The van der Waals surface area contributed by atoms with E-state index in [1.54, 1.807) is 0 Å². The number of aryl methyl sites for hydroxylation is 1. The molecule has 0 radical (unpaired) electrons. The van der Waals surface area contributed by atoms with Crippen LogP contribution < -0.4 is 4.90 Å². The van der Waals surface area contributed by atoms with Gasteiger partial charge in [0.1, 0.15) is 0 Å². The van der Waals surface area contributed by atoms with E-state index in [1.807, 2.05) is 12.4 Å². The van der Waals surface area contributed by atoms with Crippen LogP contribution in [-0.4, -0.2) is 26.5 Å². The van der Waals surface area contributed by atoms with E-state index in [0.717, 1.165) is 5.95 Å². The first-order chi connectivity index (χ1) is 7.25. The standard InChI is InChI=1S/C11H16BrN3/c1-14-5-4-13-11(14)15-9-2-3-10(15)7-8(12)6-9/h4-5,8-10H,2-3,6-7H2,1H3. The van der Waals surface area contributed by atoms with E-state index in [-0.39, 0.29) is 0 Å². The molecule has 0 N–H and O–H groups in total. The van der Waals surface area contributed by atoms with Gasteiger partial charge in [0.25, 0.3) is 0 Å². The molecule has 0 saturated carbocycles. The zero-order chi connectivity index (χ0) is 10.4. The second kappa shape index (κ2) is 3.51. The molecule has 1 aromatic rings. The van der Waals surface area contributed by atoms with Crippen LogP contribution in [0.1, 0.15) is 25.7 Å². The van der Waals surface area contributed by atoms with Crippen LogP contribution in [0.4, 0.5) is 5.95 Å². The number of piperidine rings is 1. The van der Waals surface area contributed by atoms with Crippen molar-refractivity contribution in [1.82, 2.24) is 9.55 Å². The van der Waals surface area contributed by atoms with E-state index >= 15 is 0 Å². The molecule has 1 aromatic heterocycles. The summed E-state index contributed by atoms with van der Waals surface area (Å²) >= 11 is 3.76. The van der Waals surface area contributed by atoms with Crippen LogP contribution in [0.25, 0.3) is 0 Å². The van der Waals surface area contributed by atoms with Crippen molar-refractivity contribution >= 4 is 21.9 Å². The Morgan fingerprint density at radius 2 is 2.00 bits per heavy atom. The number of hydrogen-bond acceptors (Lipinski definition) is 2. The second-order valence-electron chi connectivity index (χ2n) is 4.70. The van der Waals surface area contributed by atoms with Crippen molar-refractivity contribution in [2.24, 2.45) is 7.05 Å². The highest BCUT2D eigenvalue weighted by Crippen LogP contribution is 2.40. The van der Waals surface area contributed by atoms with Gasteiger partial charge in [0.2, 0.25) is 5.95 Å². The Morgan fingerprint density at radius 3 is 2.53 bits per heavy atom. The Hall–Kier alpha value is -0.510. The number of imidazole rings is 1. The number of alkyl halides is 1. The molecule has 2 aliphatic rings. The van der Waals surface area contributed by atoms with Crippen LogP contribution in [0.15, 0.2) is 12.4 Å². The lowest BCUT2D eigenvalue weighted by Gasteiger charge is -2.37. The molecule has 2 unspecified atom stereocenters. The lowest BCUT2D eigenvalue weighted by Crippen LogP contribution is -2.44. The largest absolute Gasteiger partial charge is 0.336 e. The van der Waals surface area contributed by atoms with Gasteiger partial charge in [0, 0.05) is 36.4 Å². The summed E-state index contributed by atoms with van der Waals surface area (Å²) in [7, 11) is 2.09. The first-order valence-electron chi connectivity index (χ1n) is 5.65. The first kappa shape index (κ1) is 9.70. The minimum Gasteiger partial charge on any atom is -0.336 e. The van der Waals surface area contributed by atoms with Crippen LogP contribution in [0, 0.1) is 0 Å². The number of rotatable bonds is 1. The highest BCUT2D eigenvalue weighted by Gasteiger charge is 2.41. The van der Waals surface area contributed by atoms with E-state index in [2.05, 4.69) is 37.4 Å². The van der Waals surface area contributed by atoms with Crippen molar-refractivity contribution in [2.75, 3.05) is 4.90 Å². The fraction of sp³-hybridized carbons (Fsp3) is 0.727. The Labute approximate surface area is 98.6 Å². The second-order valence-corrected chi connectivity index (χ2v) is 5.99. The maximum absolute atomic E-state index is 4.48. The topological polar surface area (TPSA) is 21.1 Å². The maximum atomic E-state index is 4.48. The van der Waals surface area contributed by atoms with Crippen LogP contribution in [0.2, 0.25) is 0 Å². The fourth-order valence-electron chi connectivity index (χ4n) is 3.04. The molecule has 0 spiro atoms. The van der Waals surface area contributed by atoms with Crippen molar-refractivity contribution in [3.8, 4) is 0 Å². The molecular weight excluding hydrogens is 254 g/mol. The average molecular weight is 270 g/mol. The molecule has 0 aromatic carbocycles. The van der Waals surface area contributed by atoms with E-state index < -0.39 is 0 Å². The molecule has 15 heavy (non-hydrogen) atoms. The molecule has 3 heterocycles. The SMILES string of the molecule is Cn1ccnc1N1C2CCC1CC(Br)C2. The highest BCUT2D eigenvalue weighted by atomic mass is 79.9. The lowest BCUT2D eigenvalue weighted by molar-refractivity contribution is 0.470. The third kappa shape index (κ3) is 1.50. The summed E-state index contributed by atoms with van der Waals surface area (Å²) in [5, 5.41) is 0. The minimum atomic E-state index is 0.703. The predicted molar refractivity (Wildman–Crippen MR) is 64.4 cm³/mol. The summed E-state index contributed by atoms with van der Waals surface area (Å²) in [5.74, 6) is 1.15. The van der Waals surface area contributed by atoms with E-state index in [4.69, 9.17) is 0 Å². The number of hydrogen-bond donors (Lipinski definition) is 0. The van der Waals surface area contributed by atoms with Gasteiger partial charge < -0.3 is 9.47 Å². The zero-order valence-corrected chi connectivity index (χ0v) is 10.5. The number of fused-ring (bicyclic) bond motifs is 2. The Balaban J connectivity index is 1.92. The molecule has 82 valence electrons.